The number of ether oxygens (including phenoxy) is 1. The van der Waals surface area contributed by atoms with Crippen LogP contribution in [0.15, 0.2) is 36.5 Å². The first-order valence-corrected chi connectivity index (χ1v) is 5.95. The molecule has 0 spiro atoms. The maximum atomic E-state index is 12.4. The van der Waals surface area contributed by atoms with E-state index in [0.717, 1.165) is 10.9 Å². The molecule has 1 unspecified atom stereocenters. The molecule has 0 radical (unpaired) electrons. The summed E-state index contributed by atoms with van der Waals surface area (Å²) in [5.41, 5.74) is 6.63. The first kappa shape index (κ1) is 11.3. The number of para-hydroxylation sites is 1. The third-order valence-electron chi connectivity index (χ3n) is 3.36. The summed E-state index contributed by atoms with van der Waals surface area (Å²) in [5, 5.41) is 0.950. The normalized spacial score (nSPS) is 23.4. The molecule has 1 fully saturated rings. The topological polar surface area (TPSA) is 65.2 Å². The number of hydrogen-bond acceptors (Lipinski definition) is 4. The number of ketones is 1. The highest BCUT2D eigenvalue weighted by molar-refractivity contribution is 6.05. The fourth-order valence-electron chi connectivity index (χ4n) is 2.24. The van der Waals surface area contributed by atoms with Crippen molar-refractivity contribution in [3.8, 4) is 0 Å². The molecule has 0 saturated carbocycles. The molecular weight excluding hydrogens is 228 g/mol. The van der Waals surface area contributed by atoms with E-state index in [9.17, 15) is 4.79 Å². The first-order chi connectivity index (χ1) is 8.69. The quantitative estimate of drug-likeness (QED) is 0.811. The monoisotopic (exact) mass is 242 g/mol. The number of fused-ring (bicyclic) bond motifs is 1. The van der Waals surface area contributed by atoms with E-state index in [2.05, 4.69) is 4.98 Å². The summed E-state index contributed by atoms with van der Waals surface area (Å²) < 4.78 is 5.22. The molecule has 0 bridgehead atoms. The summed E-state index contributed by atoms with van der Waals surface area (Å²) >= 11 is 0. The van der Waals surface area contributed by atoms with Gasteiger partial charge in [0.15, 0.2) is 5.78 Å². The minimum atomic E-state index is -0.885. The average Bonchev–Trinajstić information content (AvgIpc) is 2.85. The van der Waals surface area contributed by atoms with Gasteiger partial charge in [0, 0.05) is 23.8 Å². The van der Waals surface area contributed by atoms with Crippen molar-refractivity contribution in [2.45, 2.75) is 12.0 Å². The van der Waals surface area contributed by atoms with Crippen molar-refractivity contribution in [2.24, 2.45) is 5.73 Å². The van der Waals surface area contributed by atoms with Crippen LogP contribution in [-0.4, -0.2) is 29.5 Å². The number of carbonyl (C=O) groups is 1. The van der Waals surface area contributed by atoms with Crippen LogP contribution in [0.1, 0.15) is 16.8 Å². The van der Waals surface area contributed by atoms with Crippen molar-refractivity contribution in [3.63, 3.8) is 0 Å². The number of benzene rings is 1. The van der Waals surface area contributed by atoms with E-state index >= 15 is 0 Å². The van der Waals surface area contributed by atoms with Crippen molar-refractivity contribution in [1.82, 2.24) is 4.98 Å². The minimum Gasteiger partial charge on any atom is -0.379 e. The van der Waals surface area contributed by atoms with Crippen molar-refractivity contribution in [3.05, 3.63) is 42.1 Å². The van der Waals surface area contributed by atoms with Gasteiger partial charge < -0.3 is 10.5 Å². The number of rotatable bonds is 2. The minimum absolute atomic E-state index is 0.0850. The summed E-state index contributed by atoms with van der Waals surface area (Å²) in [6, 6.07) is 9.55. The lowest BCUT2D eigenvalue weighted by atomic mass is 9.90. The molecule has 1 aromatic heterocycles. The van der Waals surface area contributed by atoms with Crippen molar-refractivity contribution in [1.29, 1.82) is 0 Å². The van der Waals surface area contributed by atoms with Gasteiger partial charge in [-0.2, -0.15) is 0 Å². The van der Waals surface area contributed by atoms with Gasteiger partial charge in [0.25, 0.3) is 0 Å². The Morgan fingerprint density at radius 1 is 1.39 bits per heavy atom. The Morgan fingerprint density at radius 3 is 3.00 bits per heavy atom. The SMILES string of the molecule is NC1(C(=O)c2cnc3ccccc3c2)CCOC1. The molecule has 1 aliphatic rings. The Morgan fingerprint density at radius 2 is 2.22 bits per heavy atom. The van der Waals surface area contributed by atoms with Crippen LogP contribution in [-0.2, 0) is 4.74 Å². The third kappa shape index (κ3) is 1.79. The summed E-state index contributed by atoms with van der Waals surface area (Å²) in [6.45, 7) is 0.835. The highest BCUT2D eigenvalue weighted by Crippen LogP contribution is 2.22. The lowest BCUT2D eigenvalue weighted by molar-refractivity contribution is 0.0863. The maximum absolute atomic E-state index is 12.4. The lowest BCUT2D eigenvalue weighted by Crippen LogP contribution is -2.48. The van der Waals surface area contributed by atoms with Crippen LogP contribution in [0.5, 0.6) is 0 Å². The molecule has 1 atom stereocenters. The molecular formula is C14H14N2O2. The van der Waals surface area contributed by atoms with Gasteiger partial charge in [-0.05, 0) is 18.6 Å². The highest BCUT2D eigenvalue weighted by atomic mass is 16.5. The Balaban J connectivity index is 2.01. The second-order valence-corrected chi connectivity index (χ2v) is 4.70. The van der Waals surface area contributed by atoms with Crippen LogP contribution >= 0.6 is 0 Å². The van der Waals surface area contributed by atoms with Gasteiger partial charge in [-0.1, -0.05) is 18.2 Å². The van der Waals surface area contributed by atoms with Gasteiger partial charge >= 0.3 is 0 Å². The van der Waals surface area contributed by atoms with Crippen LogP contribution in [0.4, 0.5) is 0 Å². The van der Waals surface area contributed by atoms with Gasteiger partial charge in [0.1, 0.15) is 5.54 Å². The maximum Gasteiger partial charge on any atom is 0.186 e. The van der Waals surface area contributed by atoms with E-state index in [1.54, 1.807) is 6.20 Å². The molecule has 1 saturated heterocycles. The molecule has 18 heavy (non-hydrogen) atoms. The van der Waals surface area contributed by atoms with Crippen LogP contribution < -0.4 is 5.73 Å². The molecule has 92 valence electrons. The molecule has 3 rings (SSSR count). The Labute approximate surface area is 105 Å². The number of nitrogens with zero attached hydrogens (tertiary/aromatic N) is 1. The summed E-state index contributed by atoms with van der Waals surface area (Å²) in [4.78, 5) is 16.7. The second-order valence-electron chi connectivity index (χ2n) is 4.70. The predicted molar refractivity (Wildman–Crippen MR) is 68.4 cm³/mol. The van der Waals surface area contributed by atoms with E-state index in [1.165, 1.54) is 0 Å². The van der Waals surface area contributed by atoms with E-state index < -0.39 is 5.54 Å². The van der Waals surface area contributed by atoms with Gasteiger partial charge in [-0.15, -0.1) is 0 Å². The molecule has 4 nitrogen and oxygen atoms in total. The first-order valence-electron chi connectivity index (χ1n) is 5.95. The fraction of sp³-hybridized carbons (Fsp3) is 0.286. The second kappa shape index (κ2) is 4.15. The number of aromatic nitrogens is 1. The van der Waals surface area contributed by atoms with E-state index in [4.69, 9.17) is 10.5 Å². The van der Waals surface area contributed by atoms with E-state index in [-0.39, 0.29) is 5.78 Å². The number of carbonyl (C=O) groups excluding carboxylic acids is 1. The number of pyridine rings is 1. The van der Waals surface area contributed by atoms with Crippen molar-refractivity contribution >= 4 is 16.7 Å². The molecule has 0 aliphatic carbocycles. The zero-order chi connectivity index (χ0) is 12.6. The van der Waals surface area contributed by atoms with Gasteiger partial charge in [0.2, 0.25) is 0 Å². The van der Waals surface area contributed by atoms with E-state index in [0.29, 0.717) is 25.2 Å². The van der Waals surface area contributed by atoms with Gasteiger partial charge in [-0.25, -0.2) is 0 Å². The molecule has 4 heteroatoms. The van der Waals surface area contributed by atoms with Crippen LogP contribution in [0.25, 0.3) is 10.9 Å². The van der Waals surface area contributed by atoms with Gasteiger partial charge in [-0.3, -0.25) is 9.78 Å². The Bertz CT molecular complexity index is 604. The predicted octanol–water partition coefficient (Wildman–Crippen LogP) is 1.54. The Kier molecular flexibility index (Phi) is 2.61. The third-order valence-corrected chi connectivity index (χ3v) is 3.36. The summed E-state index contributed by atoms with van der Waals surface area (Å²) in [5.74, 6) is -0.0850. The molecule has 1 aromatic carbocycles. The number of nitrogens with two attached hydrogens (primary N) is 1. The largest absolute Gasteiger partial charge is 0.379 e. The zero-order valence-electron chi connectivity index (χ0n) is 9.93. The molecule has 2 heterocycles. The van der Waals surface area contributed by atoms with Gasteiger partial charge in [0.05, 0.1) is 12.1 Å². The van der Waals surface area contributed by atoms with Crippen LogP contribution in [0.3, 0.4) is 0 Å². The molecule has 2 aromatic rings. The smallest absolute Gasteiger partial charge is 0.186 e. The molecule has 2 N–H and O–H groups in total. The fourth-order valence-corrected chi connectivity index (χ4v) is 2.24. The summed E-state index contributed by atoms with van der Waals surface area (Å²) in [6.07, 6.45) is 2.16. The van der Waals surface area contributed by atoms with Crippen molar-refractivity contribution < 1.29 is 9.53 Å². The lowest BCUT2D eigenvalue weighted by Gasteiger charge is -2.19. The molecule has 0 amide bonds. The van der Waals surface area contributed by atoms with Crippen molar-refractivity contribution in [2.75, 3.05) is 13.2 Å². The van der Waals surface area contributed by atoms with Crippen LogP contribution in [0.2, 0.25) is 0 Å². The molecule has 1 aliphatic heterocycles. The average molecular weight is 242 g/mol. The number of Topliss-reactive ketones (excluding diaryl/α,β-unsaturated/α-hetero) is 1. The number of hydrogen-bond donors (Lipinski definition) is 1. The van der Waals surface area contributed by atoms with Crippen LogP contribution in [0, 0.1) is 0 Å². The Hall–Kier alpha value is -1.78. The highest BCUT2D eigenvalue weighted by Gasteiger charge is 2.38. The standard InChI is InChI=1S/C14H14N2O2/c15-14(5-6-18-9-14)13(17)11-7-10-3-1-2-4-12(10)16-8-11/h1-4,7-8H,5-6,9,15H2. The summed E-state index contributed by atoms with van der Waals surface area (Å²) in [7, 11) is 0. The van der Waals surface area contributed by atoms with E-state index in [1.807, 2.05) is 30.3 Å². The zero-order valence-corrected chi connectivity index (χ0v) is 9.93.